The molecule has 1 atom stereocenters. The molecule has 0 unspecified atom stereocenters. The minimum atomic E-state index is -0.557. The summed E-state index contributed by atoms with van der Waals surface area (Å²) in [6.45, 7) is 2.23. The summed E-state index contributed by atoms with van der Waals surface area (Å²) in [5, 5.41) is 10.2. The number of primary amides is 1. The predicted molar refractivity (Wildman–Crippen MR) is 92.0 cm³/mol. The molecule has 0 radical (unpaired) electrons. The maximum atomic E-state index is 12.5. The number of carbonyl (C=O) groups is 2. The average molecular weight is 333 g/mol. The molecule has 6 heteroatoms. The third-order valence-corrected chi connectivity index (χ3v) is 4.61. The van der Waals surface area contributed by atoms with E-state index in [4.69, 9.17) is 5.73 Å². The van der Waals surface area contributed by atoms with Crippen molar-refractivity contribution in [1.29, 1.82) is 0 Å². The van der Waals surface area contributed by atoms with Crippen molar-refractivity contribution in [2.45, 2.75) is 25.4 Å². The first-order chi connectivity index (χ1) is 11.5. The highest BCUT2D eigenvalue weighted by atomic mass is 16.3. The molecule has 0 aliphatic carbocycles. The summed E-state index contributed by atoms with van der Waals surface area (Å²) in [6.07, 6.45) is 1.46. The lowest BCUT2D eigenvalue weighted by Gasteiger charge is -2.32. The van der Waals surface area contributed by atoms with Crippen molar-refractivity contribution in [3.63, 3.8) is 0 Å². The van der Waals surface area contributed by atoms with Crippen LogP contribution in [0.2, 0.25) is 0 Å². The Morgan fingerprint density at radius 2 is 1.92 bits per heavy atom. The maximum absolute atomic E-state index is 12.5. The maximum Gasteiger partial charge on any atom is 0.231 e. The third-order valence-electron chi connectivity index (χ3n) is 4.61. The summed E-state index contributed by atoms with van der Waals surface area (Å²) in [6, 6.07) is 9.49. The zero-order valence-corrected chi connectivity index (χ0v) is 14.2. The molecule has 2 rings (SSSR count). The van der Waals surface area contributed by atoms with Crippen LogP contribution in [-0.4, -0.2) is 59.9 Å². The van der Waals surface area contributed by atoms with Crippen LogP contribution in [0.1, 0.15) is 30.9 Å². The van der Waals surface area contributed by atoms with E-state index in [1.807, 2.05) is 35.2 Å². The number of aliphatic hydroxyl groups is 1. The van der Waals surface area contributed by atoms with Crippen molar-refractivity contribution in [2.75, 3.05) is 33.2 Å². The fourth-order valence-corrected chi connectivity index (χ4v) is 3.14. The summed E-state index contributed by atoms with van der Waals surface area (Å²) < 4.78 is 0. The van der Waals surface area contributed by atoms with Crippen LogP contribution in [0.4, 0.5) is 0 Å². The number of rotatable bonds is 7. The Labute approximate surface area is 143 Å². The number of aliphatic hydroxyl groups excluding tert-OH is 1. The summed E-state index contributed by atoms with van der Waals surface area (Å²) in [5.74, 6) is -0.214. The molecule has 2 amide bonds. The van der Waals surface area contributed by atoms with Crippen LogP contribution in [-0.2, 0) is 9.59 Å². The van der Waals surface area contributed by atoms with Gasteiger partial charge in [0.15, 0.2) is 0 Å². The van der Waals surface area contributed by atoms with Gasteiger partial charge in [0.2, 0.25) is 11.8 Å². The number of nitrogens with zero attached hydrogens (tertiary/aromatic N) is 2. The molecule has 0 aromatic heterocycles. The van der Waals surface area contributed by atoms with Gasteiger partial charge in [-0.1, -0.05) is 30.3 Å². The molecule has 1 saturated heterocycles. The van der Waals surface area contributed by atoms with Crippen LogP contribution in [0.3, 0.4) is 0 Å². The first-order valence-electron chi connectivity index (χ1n) is 8.46. The molecular formula is C18H27N3O3. The van der Waals surface area contributed by atoms with Crippen molar-refractivity contribution in [2.24, 2.45) is 11.7 Å². The van der Waals surface area contributed by atoms with E-state index in [1.54, 1.807) is 11.9 Å². The van der Waals surface area contributed by atoms with Crippen LogP contribution < -0.4 is 5.73 Å². The van der Waals surface area contributed by atoms with Crippen LogP contribution in [0, 0.1) is 5.92 Å². The Kier molecular flexibility index (Phi) is 6.75. The molecule has 6 nitrogen and oxygen atoms in total. The van der Waals surface area contributed by atoms with Gasteiger partial charge in [0.05, 0.1) is 12.6 Å². The normalized spacial score (nSPS) is 17.4. The standard InChI is InChI=1S/C18H27N3O3/c1-20(10-9-16(22)14-5-3-2-4-6-14)18(24)15-7-11-21(12-8-15)13-17(19)23/h2-6,15-16,22H,7-13H2,1H3,(H2,19,23)/t16-/m1/s1. The topological polar surface area (TPSA) is 86.9 Å². The molecule has 0 saturated carbocycles. The zero-order valence-electron chi connectivity index (χ0n) is 14.2. The highest BCUT2D eigenvalue weighted by Crippen LogP contribution is 2.21. The van der Waals surface area contributed by atoms with Gasteiger partial charge in [0.1, 0.15) is 0 Å². The van der Waals surface area contributed by atoms with E-state index in [9.17, 15) is 14.7 Å². The van der Waals surface area contributed by atoms with Gasteiger partial charge < -0.3 is 15.7 Å². The minimum Gasteiger partial charge on any atom is -0.388 e. The van der Waals surface area contributed by atoms with Gasteiger partial charge in [-0.2, -0.15) is 0 Å². The monoisotopic (exact) mass is 333 g/mol. The predicted octanol–water partition coefficient (Wildman–Crippen LogP) is 0.766. The number of hydrogen-bond acceptors (Lipinski definition) is 4. The number of nitrogens with two attached hydrogens (primary N) is 1. The molecule has 1 aromatic carbocycles. The molecule has 1 aliphatic rings. The van der Waals surface area contributed by atoms with Crippen molar-refractivity contribution in [3.05, 3.63) is 35.9 Å². The zero-order chi connectivity index (χ0) is 17.5. The van der Waals surface area contributed by atoms with Crippen molar-refractivity contribution in [1.82, 2.24) is 9.80 Å². The number of carbonyl (C=O) groups excluding carboxylic acids is 2. The van der Waals surface area contributed by atoms with Crippen molar-refractivity contribution >= 4 is 11.8 Å². The highest BCUT2D eigenvalue weighted by Gasteiger charge is 2.27. The largest absolute Gasteiger partial charge is 0.388 e. The van der Waals surface area contributed by atoms with Gasteiger partial charge in [0, 0.05) is 19.5 Å². The molecule has 132 valence electrons. The second-order valence-corrected chi connectivity index (χ2v) is 6.49. The Hall–Kier alpha value is -1.92. The number of piperidine rings is 1. The first-order valence-corrected chi connectivity index (χ1v) is 8.46. The Balaban J connectivity index is 1.75. The van der Waals surface area contributed by atoms with E-state index in [0.717, 1.165) is 31.5 Å². The van der Waals surface area contributed by atoms with E-state index < -0.39 is 6.10 Å². The first kappa shape index (κ1) is 18.4. The van der Waals surface area contributed by atoms with E-state index in [1.165, 1.54) is 0 Å². The van der Waals surface area contributed by atoms with Crippen LogP contribution in [0.25, 0.3) is 0 Å². The molecular weight excluding hydrogens is 306 g/mol. The number of amides is 2. The van der Waals surface area contributed by atoms with Gasteiger partial charge >= 0.3 is 0 Å². The van der Waals surface area contributed by atoms with Gasteiger partial charge in [-0.3, -0.25) is 14.5 Å². The lowest BCUT2D eigenvalue weighted by atomic mass is 9.95. The molecule has 0 bridgehead atoms. The highest BCUT2D eigenvalue weighted by molar-refractivity contribution is 5.79. The molecule has 0 spiro atoms. The Morgan fingerprint density at radius 1 is 1.29 bits per heavy atom. The Morgan fingerprint density at radius 3 is 2.50 bits per heavy atom. The summed E-state index contributed by atoms with van der Waals surface area (Å²) in [4.78, 5) is 27.1. The van der Waals surface area contributed by atoms with Crippen LogP contribution >= 0.6 is 0 Å². The van der Waals surface area contributed by atoms with Crippen molar-refractivity contribution in [3.8, 4) is 0 Å². The summed E-state index contributed by atoms with van der Waals surface area (Å²) in [7, 11) is 1.79. The Bertz CT molecular complexity index is 542. The molecule has 1 aliphatic heterocycles. The van der Waals surface area contributed by atoms with Gasteiger partial charge in [0.25, 0.3) is 0 Å². The van der Waals surface area contributed by atoms with Gasteiger partial charge in [-0.05, 0) is 37.9 Å². The van der Waals surface area contributed by atoms with Gasteiger partial charge in [-0.15, -0.1) is 0 Å². The SMILES string of the molecule is CN(CC[C@@H](O)c1ccccc1)C(=O)C1CCN(CC(N)=O)CC1. The molecule has 1 fully saturated rings. The summed E-state index contributed by atoms with van der Waals surface area (Å²) >= 11 is 0. The second-order valence-electron chi connectivity index (χ2n) is 6.49. The molecule has 1 heterocycles. The fraction of sp³-hybridized carbons (Fsp3) is 0.556. The lowest BCUT2D eigenvalue weighted by molar-refractivity contribution is -0.136. The van der Waals surface area contributed by atoms with E-state index in [0.29, 0.717) is 13.0 Å². The van der Waals surface area contributed by atoms with Crippen LogP contribution in [0.15, 0.2) is 30.3 Å². The minimum absolute atomic E-state index is 0.00649. The number of benzene rings is 1. The van der Waals surface area contributed by atoms with Crippen LogP contribution in [0.5, 0.6) is 0 Å². The second kappa shape index (κ2) is 8.80. The smallest absolute Gasteiger partial charge is 0.231 e. The fourth-order valence-electron chi connectivity index (χ4n) is 3.14. The lowest BCUT2D eigenvalue weighted by Crippen LogP contribution is -2.44. The quantitative estimate of drug-likeness (QED) is 0.771. The van der Waals surface area contributed by atoms with E-state index in [-0.39, 0.29) is 24.3 Å². The third kappa shape index (κ3) is 5.32. The number of likely N-dealkylation sites (tertiary alicyclic amines) is 1. The molecule has 3 N–H and O–H groups in total. The van der Waals surface area contributed by atoms with E-state index >= 15 is 0 Å². The van der Waals surface area contributed by atoms with E-state index in [2.05, 4.69) is 0 Å². The molecule has 1 aromatic rings. The van der Waals surface area contributed by atoms with Gasteiger partial charge in [-0.25, -0.2) is 0 Å². The number of hydrogen-bond donors (Lipinski definition) is 2. The average Bonchev–Trinajstić information content (AvgIpc) is 2.59. The summed E-state index contributed by atoms with van der Waals surface area (Å²) in [5.41, 5.74) is 6.08. The van der Waals surface area contributed by atoms with Crippen molar-refractivity contribution < 1.29 is 14.7 Å². The molecule has 24 heavy (non-hydrogen) atoms.